The van der Waals surface area contributed by atoms with Crippen molar-refractivity contribution in [1.29, 1.82) is 0 Å². The molecule has 2 aromatic heterocycles. The van der Waals surface area contributed by atoms with Crippen LogP contribution in [0.15, 0.2) is 17.5 Å². The van der Waals surface area contributed by atoms with Crippen molar-refractivity contribution in [2.24, 2.45) is 11.1 Å². The Morgan fingerprint density at radius 3 is 2.28 bits per heavy atom. The Balaban J connectivity index is 0.00000225. The van der Waals surface area contributed by atoms with Crippen molar-refractivity contribution in [3.63, 3.8) is 0 Å². The van der Waals surface area contributed by atoms with Crippen LogP contribution in [0.25, 0.3) is 9.40 Å². The van der Waals surface area contributed by atoms with Crippen LogP contribution < -0.4 is 5.73 Å². The number of nitrogens with zero attached hydrogens (tertiary/aromatic N) is 2. The molecule has 5 nitrogen and oxygen atoms in total. The van der Waals surface area contributed by atoms with Crippen LogP contribution in [-0.2, 0) is 4.79 Å². The molecule has 2 aromatic rings. The molecule has 1 atom stereocenters. The highest BCUT2D eigenvalue weighted by Gasteiger charge is 2.33. The molecular weight excluding hydrogens is 378 g/mol. The molecule has 0 saturated carbocycles. The summed E-state index contributed by atoms with van der Waals surface area (Å²) in [6.45, 7) is 8.13. The SMILES string of the molecule is CC(C)(C)[C@H](N)C(=O)N1CCN(C(=O)c2cc3sccc3s2)CC1.Cl. The maximum Gasteiger partial charge on any atom is 0.264 e. The molecule has 0 radical (unpaired) electrons. The zero-order chi connectivity index (χ0) is 17.5. The van der Waals surface area contributed by atoms with Gasteiger partial charge in [0, 0.05) is 35.6 Å². The first-order valence-electron chi connectivity index (χ1n) is 8.08. The van der Waals surface area contributed by atoms with E-state index in [0.29, 0.717) is 26.2 Å². The van der Waals surface area contributed by atoms with E-state index in [2.05, 4.69) is 0 Å². The number of carbonyl (C=O) groups is 2. The minimum Gasteiger partial charge on any atom is -0.338 e. The summed E-state index contributed by atoms with van der Waals surface area (Å²) >= 11 is 3.19. The lowest BCUT2D eigenvalue weighted by atomic mass is 9.86. The minimum atomic E-state index is -0.510. The Hall–Kier alpha value is -1.15. The molecular formula is C17H24ClN3O2S2. The van der Waals surface area contributed by atoms with Gasteiger partial charge in [0.05, 0.1) is 10.9 Å². The Morgan fingerprint density at radius 2 is 1.72 bits per heavy atom. The number of halogens is 1. The second kappa shape index (κ2) is 7.61. The van der Waals surface area contributed by atoms with Crippen molar-refractivity contribution in [1.82, 2.24) is 9.80 Å². The monoisotopic (exact) mass is 401 g/mol. The smallest absolute Gasteiger partial charge is 0.264 e. The molecule has 2 N–H and O–H groups in total. The highest BCUT2D eigenvalue weighted by molar-refractivity contribution is 7.27. The van der Waals surface area contributed by atoms with E-state index < -0.39 is 6.04 Å². The fraction of sp³-hybridized carbons (Fsp3) is 0.529. The maximum atomic E-state index is 12.6. The minimum absolute atomic E-state index is 0. The van der Waals surface area contributed by atoms with Gasteiger partial charge in [0.2, 0.25) is 5.91 Å². The van der Waals surface area contributed by atoms with Crippen LogP contribution in [0.3, 0.4) is 0 Å². The molecule has 3 heterocycles. The summed E-state index contributed by atoms with van der Waals surface area (Å²) < 4.78 is 2.32. The Morgan fingerprint density at radius 1 is 1.12 bits per heavy atom. The van der Waals surface area contributed by atoms with Crippen molar-refractivity contribution in [3.8, 4) is 0 Å². The molecule has 8 heteroatoms. The summed E-state index contributed by atoms with van der Waals surface area (Å²) in [6, 6.07) is 3.51. The van der Waals surface area contributed by atoms with Crippen molar-refractivity contribution in [2.45, 2.75) is 26.8 Å². The predicted octanol–water partition coefficient (Wildman–Crippen LogP) is 3.04. The number of fused-ring (bicyclic) bond motifs is 1. The summed E-state index contributed by atoms with van der Waals surface area (Å²) in [5.41, 5.74) is 5.82. The van der Waals surface area contributed by atoms with Gasteiger partial charge < -0.3 is 15.5 Å². The van der Waals surface area contributed by atoms with Crippen molar-refractivity contribution >= 4 is 56.3 Å². The average Bonchev–Trinajstić information content (AvgIpc) is 3.13. The van der Waals surface area contributed by atoms with Gasteiger partial charge in [0.15, 0.2) is 0 Å². The summed E-state index contributed by atoms with van der Waals surface area (Å²) in [5, 5.41) is 2.04. The molecule has 1 saturated heterocycles. The normalized spacial score (nSPS) is 16.6. The second-order valence-electron chi connectivity index (χ2n) is 7.22. The second-order valence-corrected chi connectivity index (χ2v) is 9.25. The molecule has 1 fully saturated rings. The first-order valence-corrected chi connectivity index (χ1v) is 9.77. The highest BCUT2D eigenvalue weighted by atomic mass is 35.5. The lowest BCUT2D eigenvalue weighted by Gasteiger charge is -2.38. The van der Waals surface area contributed by atoms with E-state index in [-0.39, 0.29) is 29.6 Å². The molecule has 0 aromatic carbocycles. The third kappa shape index (κ3) is 4.16. The van der Waals surface area contributed by atoms with Crippen molar-refractivity contribution < 1.29 is 9.59 Å². The number of piperazine rings is 1. The molecule has 3 rings (SSSR count). The standard InChI is InChI=1S/C17H23N3O2S2.ClH/c1-17(2,3)14(18)16(22)20-7-5-19(6-8-20)15(21)13-10-12-11(24-13)4-9-23-12;/h4,9-10,14H,5-8,18H2,1-3H3;1H/t14-;/m1./s1. The van der Waals surface area contributed by atoms with Gasteiger partial charge in [-0.2, -0.15) is 0 Å². The van der Waals surface area contributed by atoms with Gasteiger partial charge in [-0.05, 0) is 22.9 Å². The zero-order valence-electron chi connectivity index (χ0n) is 14.7. The van der Waals surface area contributed by atoms with Gasteiger partial charge >= 0.3 is 0 Å². The Bertz CT molecular complexity index is 729. The van der Waals surface area contributed by atoms with Gasteiger partial charge in [-0.25, -0.2) is 0 Å². The third-order valence-corrected chi connectivity index (χ3v) is 6.51. The number of rotatable bonds is 2. The van der Waals surface area contributed by atoms with E-state index >= 15 is 0 Å². The van der Waals surface area contributed by atoms with Gasteiger partial charge in [-0.3, -0.25) is 9.59 Å². The number of thiophene rings is 2. The van der Waals surface area contributed by atoms with Gasteiger partial charge in [0.25, 0.3) is 5.91 Å². The van der Waals surface area contributed by atoms with Crippen LogP contribution in [0.2, 0.25) is 0 Å². The molecule has 0 bridgehead atoms. The summed E-state index contributed by atoms with van der Waals surface area (Å²) in [6.07, 6.45) is 0. The number of hydrogen-bond donors (Lipinski definition) is 1. The largest absolute Gasteiger partial charge is 0.338 e. The van der Waals surface area contributed by atoms with Crippen LogP contribution in [-0.4, -0.2) is 53.8 Å². The third-order valence-electron chi connectivity index (χ3n) is 4.43. The number of nitrogens with two attached hydrogens (primary N) is 1. The zero-order valence-corrected chi connectivity index (χ0v) is 17.1. The number of carbonyl (C=O) groups excluding carboxylic acids is 2. The van der Waals surface area contributed by atoms with E-state index in [9.17, 15) is 9.59 Å². The van der Waals surface area contributed by atoms with E-state index in [1.165, 1.54) is 11.3 Å². The van der Waals surface area contributed by atoms with Gasteiger partial charge in [0.1, 0.15) is 0 Å². The summed E-state index contributed by atoms with van der Waals surface area (Å²) in [4.78, 5) is 29.5. The maximum absolute atomic E-state index is 12.6. The van der Waals surface area contributed by atoms with Crippen molar-refractivity contribution in [3.05, 3.63) is 22.4 Å². The highest BCUT2D eigenvalue weighted by Crippen LogP contribution is 2.31. The lowest BCUT2D eigenvalue weighted by molar-refractivity contribution is -0.136. The molecule has 2 amide bonds. The van der Waals surface area contributed by atoms with Crippen molar-refractivity contribution in [2.75, 3.05) is 26.2 Å². The lowest BCUT2D eigenvalue weighted by Crippen LogP contribution is -2.56. The molecule has 0 aliphatic carbocycles. The van der Waals surface area contributed by atoms with E-state index in [0.717, 1.165) is 14.3 Å². The molecule has 138 valence electrons. The van der Waals surface area contributed by atoms with Gasteiger partial charge in [-0.1, -0.05) is 20.8 Å². The average molecular weight is 402 g/mol. The van der Waals surface area contributed by atoms with Crippen LogP contribution in [0, 0.1) is 5.41 Å². The summed E-state index contributed by atoms with van der Waals surface area (Å²) in [7, 11) is 0. The predicted molar refractivity (Wildman–Crippen MR) is 107 cm³/mol. The quantitative estimate of drug-likeness (QED) is 0.840. The van der Waals surface area contributed by atoms with Crippen LogP contribution in [0.1, 0.15) is 30.4 Å². The molecule has 0 spiro atoms. The number of hydrogen-bond acceptors (Lipinski definition) is 5. The van der Waals surface area contributed by atoms with Crippen LogP contribution >= 0.6 is 35.1 Å². The molecule has 1 aliphatic rings. The van der Waals surface area contributed by atoms with E-state index in [4.69, 9.17) is 5.73 Å². The molecule has 25 heavy (non-hydrogen) atoms. The Labute approximate surface area is 162 Å². The van der Waals surface area contributed by atoms with Crippen LogP contribution in [0.5, 0.6) is 0 Å². The molecule has 1 aliphatic heterocycles. The fourth-order valence-corrected chi connectivity index (χ4v) is 4.80. The van der Waals surface area contributed by atoms with Gasteiger partial charge in [-0.15, -0.1) is 35.1 Å². The summed E-state index contributed by atoms with van der Waals surface area (Å²) in [5.74, 6) is 0.0434. The van der Waals surface area contributed by atoms with E-state index in [1.54, 1.807) is 16.2 Å². The van der Waals surface area contributed by atoms with E-state index in [1.807, 2.05) is 43.2 Å². The first-order chi connectivity index (χ1) is 11.3. The topological polar surface area (TPSA) is 66.6 Å². The Kier molecular flexibility index (Phi) is 6.14. The number of amides is 2. The fourth-order valence-electron chi connectivity index (χ4n) is 2.72. The first kappa shape index (κ1) is 20.2. The molecule has 0 unspecified atom stereocenters. The van der Waals surface area contributed by atoms with Crippen LogP contribution in [0.4, 0.5) is 0 Å².